The van der Waals surface area contributed by atoms with Crippen LogP contribution in [0.15, 0.2) is 6.20 Å². The quantitative estimate of drug-likeness (QED) is 0.834. The molecule has 0 saturated carbocycles. The third kappa shape index (κ3) is 2.78. The zero-order valence-corrected chi connectivity index (χ0v) is 9.12. The van der Waals surface area contributed by atoms with Gasteiger partial charge in [0.15, 0.2) is 0 Å². The number of carbonyl (C=O) groups is 1. The van der Waals surface area contributed by atoms with E-state index >= 15 is 0 Å². The number of hydrogen-bond donors (Lipinski definition) is 1. The number of carboxylic acids is 1. The number of hydrogen-bond acceptors (Lipinski definition) is 2. The Labute approximate surface area is 87.7 Å². The van der Waals surface area contributed by atoms with Gasteiger partial charge in [-0.1, -0.05) is 0 Å². The van der Waals surface area contributed by atoms with E-state index in [9.17, 15) is 9.18 Å². The maximum Gasteiger partial charge on any atom is 0.303 e. The van der Waals surface area contributed by atoms with Crippen molar-refractivity contribution in [3.63, 3.8) is 0 Å². The van der Waals surface area contributed by atoms with E-state index in [1.54, 1.807) is 0 Å². The molecule has 1 rings (SSSR count). The van der Waals surface area contributed by atoms with Gasteiger partial charge in [0.05, 0.1) is 11.7 Å². The average molecular weight is 214 g/mol. The Balaban J connectivity index is 2.85. The molecule has 15 heavy (non-hydrogen) atoms. The summed E-state index contributed by atoms with van der Waals surface area (Å²) in [6.45, 7) is 5.51. The Morgan fingerprint density at radius 2 is 2.20 bits per heavy atom. The van der Waals surface area contributed by atoms with E-state index in [0.29, 0.717) is 5.56 Å². The molecule has 0 radical (unpaired) electrons. The smallest absolute Gasteiger partial charge is 0.303 e. The first-order valence-corrected chi connectivity index (χ1v) is 4.77. The van der Waals surface area contributed by atoms with Gasteiger partial charge in [-0.25, -0.2) is 4.68 Å². The second kappa shape index (κ2) is 4.00. The minimum atomic E-state index is -0.932. The average Bonchev–Trinajstić information content (AvgIpc) is 2.42. The van der Waals surface area contributed by atoms with E-state index in [1.807, 2.05) is 20.8 Å². The molecule has 1 aromatic heterocycles. The van der Waals surface area contributed by atoms with Crippen LogP contribution in [0, 0.1) is 5.95 Å². The Morgan fingerprint density at radius 3 is 2.60 bits per heavy atom. The van der Waals surface area contributed by atoms with E-state index in [4.69, 9.17) is 5.11 Å². The van der Waals surface area contributed by atoms with Crippen molar-refractivity contribution in [2.24, 2.45) is 0 Å². The molecule has 5 heteroatoms. The molecule has 0 aliphatic carbocycles. The van der Waals surface area contributed by atoms with Crippen molar-refractivity contribution in [3.8, 4) is 0 Å². The van der Waals surface area contributed by atoms with Crippen molar-refractivity contribution < 1.29 is 14.3 Å². The number of nitrogens with zero attached hydrogens (tertiary/aromatic N) is 2. The summed E-state index contributed by atoms with van der Waals surface area (Å²) in [4.78, 5) is 10.3. The first-order valence-electron chi connectivity index (χ1n) is 4.77. The molecule has 0 fully saturated rings. The lowest BCUT2D eigenvalue weighted by molar-refractivity contribution is -0.136. The van der Waals surface area contributed by atoms with Crippen molar-refractivity contribution >= 4 is 5.97 Å². The molecule has 0 saturated heterocycles. The predicted molar refractivity (Wildman–Crippen MR) is 53.1 cm³/mol. The molecule has 84 valence electrons. The van der Waals surface area contributed by atoms with Crippen LogP contribution >= 0.6 is 0 Å². The molecule has 0 unspecified atom stereocenters. The number of aryl methyl sites for hydroxylation is 1. The number of aliphatic carboxylic acids is 1. The highest BCUT2D eigenvalue weighted by atomic mass is 19.1. The van der Waals surface area contributed by atoms with Gasteiger partial charge in [0.1, 0.15) is 0 Å². The first-order chi connectivity index (χ1) is 6.82. The molecule has 1 aromatic rings. The summed E-state index contributed by atoms with van der Waals surface area (Å²) < 4.78 is 15.0. The Hall–Kier alpha value is -1.39. The van der Waals surface area contributed by atoms with Crippen LogP contribution in [-0.4, -0.2) is 20.9 Å². The first kappa shape index (κ1) is 11.7. The highest BCUT2D eigenvalue weighted by Gasteiger charge is 2.20. The predicted octanol–water partition coefficient (Wildman–Crippen LogP) is 1.79. The van der Waals surface area contributed by atoms with Gasteiger partial charge in [-0.2, -0.15) is 9.49 Å². The number of carboxylic acid groups (broad SMARTS) is 1. The second-order valence-electron chi connectivity index (χ2n) is 4.44. The van der Waals surface area contributed by atoms with Crippen molar-refractivity contribution in [3.05, 3.63) is 17.7 Å². The minimum absolute atomic E-state index is 0.0766. The number of halogens is 1. The monoisotopic (exact) mass is 214 g/mol. The largest absolute Gasteiger partial charge is 0.481 e. The molecule has 0 aromatic carbocycles. The van der Waals surface area contributed by atoms with E-state index in [2.05, 4.69) is 5.10 Å². The van der Waals surface area contributed by atoms with Crippen LogP contribution < -0.4 is 0 Å². The zero-order valence-electron chi connectivity index (χ0n) is 9.12. The molecular formula is C10H15FN2O2. The molecular weight excluding hydrogens is 199 g/mol. The highest BCUT2D eigenvalue weighted by molar-refractivity contribution is 5.67. The van der Waals surface area contributed by atoms with Gasteiger partial charge >= 0.3 is 5.97 Å². The molecule has 0 amide bonds. The molecule has 1 heterocycles. The molecule has 0 aliphatic rings. The number of aromatic nitrogens is 2. The van der Waals surface area contributed by atoms with Gasteiger partial charge in [0.25, 0.3) is 0 Å². The Morgan fingerprint density at radius 1 is 1.60 bits per heavy atom. The summed E-state index contributed by atoms with van der Waals surface area (Å²) in [7, 11) is 0. The summed E-state index contributed by atoms with van der Waals surface area (Å²) in [5.41, 5.74) is -0.0710. The lowest BCUT2D eigenvalue weighted by Crippen LogP contribution is -2.25. The van der Waals surface area contributed by atoms with Crippen LogP contribution in [-0.2, 0) is 16.8 Å². The molecule has 1 N–H and O–H groups in total. The van der Waals surface area contributed by atoms with Gasteiger partial charge in [-0.05, 0) is 27.2 Å². The lowest BCUT2D eigenvalue weighted by atomic mass is 10.1. The van der Waals surface area contributed by atoms with Gasteiger partial charge in [0.2, 0.25) is 5.95 Å². The second-order valence-corrected chi connectivity index (χ2v) is 4.44. The zero-order chi connectivity index (χ0) is 11.6. The van der Waals surface area contributed by atoms with Crippen molar-refractivity contribution in [1.29, 1.82) is 0 Å². The summed E-state index contributed by atoms with van der Waals surface area (Å²) >= 11 is 0. The maximum atomic E-state index is 13.7. The fourth-order valence-electron chi connectivity index (χ4n) is 1.24. The van der Waals surface area contributed by atoms with Gasteiger partial charge in [-0.15, -0.1) is 0 Å². The van der Waals surface area contributed by atoms with Crippen molar-refractivity contribution in [2.75, 3.05) is 0 Å². The topological polar surface area (TPSA) is 55.1 Å². The Bertz CT molecular complexity index is 366. The lowest BCUT2D eigenvalue weighted by Gasteiger charge is -2.19. The fourth-order valence-corrected chi connectivity index (χ4v) is 1.24. The molecule has 0 bridgehead atoms. The molecule has 0 atom stereocenters. The Kier molecular flexibility index (Phi) is 3.12. The number of rotatable bonds is 3. The summed E-state index contributed by atoms with van der Waals surface area (Å²) in [6, 6.07) is 0. The van der Waals surface area contributed by atoms with Crippen LogP contribution in [0.5, 0.6) is 0 Å². The van der Waals surface area contributed by atoms with Gasteiger partial charge in [0, 0.05) is 12.0 Å². The third-order valence-corrected chi connectivity index (χ3v) is 2.02. The van der Waals surface area contributed by atoms with Crippen molar-refractivity contribution in [1.82, 2.24) is 9.78 Å². The van der Waals surface area contributed by atoms with Crippen LogP contribution in [0.4, 0.5) is 4.39 Å². The van der Waals surface area contributed by atoms with Crippen LogP contribution in [0.2, 0.25) is 0 Å². The maximum absolute atomic E-state index is 13.7. The van der Waals surface area contributed by atoms with Crippen LogP contribution in [0.1, 0.15) is 32.8 Å². The van der Waals surface area contributed by atoms with Crippen molar-refractivity contribution in [2.45, 2.75) is 39.2 Å². The highest BCUT2D eigenvalue weighted by Crippen LogP contribution is 2.18. The summed E-state index contributed by atoms with van der Waals surface area (Å²) in [6.07, 6.45) is 1.49. The SMILES string of the molecule is CC(C)(C)n1ncc(CCC(=O)O)c1F. The van der Waals surface area contributed by atoms with Crippen LogP contribution in [0.25, 0.3) is 0 Å². The van der Waals surface area contributed by atoms with E-state index < -0.39 is 17.5 Å². The molecule has 0 spiro atoms. The van der Waals surface area contributed by atoms with Gasteiger partial charge < -0.3 is 5.11 Å². The van der Waals surface area contributed by atoms with E-state index in [0.717, 1.165) is 0 Å². The van der Waals surface area contributed by atoms with E-state index in [1.165, 1.54) is 10.9 Å². The summed E-state index contributed by atoms with van der Waals surface area (Å²) in [5.74, 6) is -1.37. The molecule has 0 aliphatic heterocycles. The summed E-state index contributed by atoms with van der Waals surface area (Å²) in [5, 5.41) is 12.4. The van der Waals surface area contributed by atoms with Gasteiger partial charge in [-0.3, -0.25) is 4.79 Å². The van der Waals surface area contributed by atoms with E-state index in [-0.39, 0.29) is 12.8 Å². The standard InChI is InChI=1S/C10H15FN2O2/c1-10(2,3)13-9(11)7(6-12-13)4-5-8(14)15/h6H,4-5H2,1-3H3,(H,14,15). The molecule has 4 nitrogen and oxygen atoms in total. The minimum Gasteiger partial charge on any atom is -0.481 e. The van der Waals surface area contributed by atoms with Crippen LogP contribution in [0.3, 0.4) is 0 Å². The normalized spacial score (nSPS) is 11.7. The third-order valence-electron chi connectivity index (χ3n) is 2.02. The fraction of sp³-hybridized carbons (Fsp3) is 0.600.